The van der Waals surface area contributed by atoms with Crippen molar-refractivity contribution < 1.29 is 4.79 Å². The van der Waals surface area contributed by atoms with Gasteiger partial charge in [0, 0.05) is 27.7 Å². The summed E-state index contributed by atoms with van der Waals surface area (Å²) < 4.78 is 3.83. The molecule has 2 rings (SSSR count). The van der Waals surface area contributed by atoms with Crippen LogP contribution in [0.25, 0.3) is 11.2 Å². The molecule has 0 saturated heterocycles. The topological polar surface area (TPSA) is 82.1 Å². The van der Waals surface area contributed by atoms with Gasteiger partial charge in [0.05, 0.1) is 6.33 Å². The summed E-state index contributed by atoms with van der Waals surface area (Å²) in [6.07, 6.45) is 3.37. The van der Waals surface area contributed by atoms with E-state index >= 15 is 0 Å². The maximum Gasteiger partial charge on any atom is 0.332 e. The number of aromatic nitrogens is 4. The van der Waals surface area contributed by atoms with Crippen LogP contribution >= 0.6 is 0 Å². The number of hydrogen-bond donors (Lipinski definition) is 0. The van der Waals surface area contributed by atoms with Gasteiger partial charge in [0.15, 0.2) is 11.2 Å². The Labute approximate surface area is 127 Å². The highest BCUT2D eigenvalue weighted by Crippen LogP contribution is 2.06. The molecule has 2 aromatic rings. The highest BCUT2D eigenvalue weighted by molar-refractivity contribution is 5.78. The minimum Gasteiger partial charge on any atom is -0.344 e. The Balaban J connectivity index is 2.40. The van der Waals surface area contributed by atoms with E-state index in [0.717, 1.165) is 17.4 Å². The second-order valence-corrected chi connectivity index (χ2v) is 5.42. The van der Waals surface area contributed by atoms with E-state index in [1.165, 1.54) is 22.5 Å². The molecule has 8 heteroatoms. The second-order valence-electron chi connectivity index (χ2n) is 5.42. The zero-order valence-corrected chi connectivity index (χ0v) is 13.4. The molecule has 0 aliphatic rings. The van der Waals surface area contributed by atoms with Crippen molar-refractivity contribution in [3.05, 3.63) is 27.2 Å². The van der Waals surface area contributed by atoms with Gasteiger partial charge in [-0.2, -0.15) is 0 Å². The van der Waals surface area contributed by atoms with Crippen LogP contribution in [0.4, 0.5) is 0 Å². The molecule has 2 aromatic heterocycles. The minimum absolute atomic E-state index is 0.0319. The highest BCUT2D eigenvalue weighted by Gasteiger charge is 2.17. The van der Waals surface area contributed by atoms with E-state index in [4.69, 9.17) is 0 Å². The number of aryl methyl sites for hydroxylation is 1. The van der Waals surface area contributed by atoms with Crippen LogP contribution in [0.5, 0.6) is 0 Å². The first-order chi connectivity index (χ1) is 10.4. The summed E-state index contributed by atoms with van der Waals surface area (Å²) in [6, 6.07) is 0. The van der Waals surface area contributed by atoms with E-state index < -0.39 is 11.2 Å². The standard InChI is InChI=1S/C14H21N5O3/c1-5-6-7-16(2)10(20)8-19-9-15-12-11(19)13(21)18(4)14(22)17(12)3/h9H,5-8H2,1-4H3. The number of hydrogen-bond acceptors (Lipinski definition) is 4. The molecule has 120 valence electrons. The number of fused-ring (bicyclic) bond motifs is 1. The Morgan fingerprint density at radius 2 is 1.95 bits per heavy atom. The molecule has 0 aromatic carbocycles. The summed E-state index contributed by atoms with van der Waals surface area (Å²) in [7, 11) is 4.71. The summed E-state index contributed by atoms with van der Waals surface area (Å²) in [5.41, 5.74) is -0.326. The third-order valence-corrected chi connectivity index (χ3v) is 3.80. The predicted molar refractivity (Wildman–Crippen MR) is 82.8 cm³/mol. The van der Waals surface area contributed by atoms with Crippen molar-refractivity contribution in [2.45, 2.75) is 26.3 Å². The number of amides is 1. The van der Waals surface area contributed by atoms with Gasteiger partial charge in [0.1, 0.15) is 6.54 Å². The van der Waals surface area contributed by atoms with Crippen LogP contribution in [-0.2, 0) is 25.4 Å². The summed E-state index contributed by atoms with van der Waals surface area (Å²) in [5.74, 6) is -0.0938. The van der Waals surface area contributed by atoms with E-state index in [0.29, 0.717) is 6.54 Å². The number of unbranched alkanes of at least 4 members (excludes halogenated alkanes) is 1. The number of rotatable bonds is 5. The highest BCUT2D eigenvalue weighted by atomic mass is 16.2. The van der Waals surface area contributed by atoms with Gasteiger partial charge in [-0.15, -0.1) is 0 Å². The van der Waals surface area contributed by atoms with Crippen LogP contribution in [0, 0.1) is 0 Å². The van der Waals surface area contributed by atoms with E-state index in [9.17, 15) is 14.4 Å². The van der Waals surface area contributed by atoms with Crippen molar-refractivity contribution in [1.82, 2.24) is 23.6 Å². The lowest BCUT2D eigenvalue weighted by Gasteiger charge is -2.17. The maximum atomic E-state index is 12.3. The van der Waals surface area contributed by atoms with Gasteiger partial charge in [-0.3, -0.25) is 18.7 Å². The van der Waals surface area contributed by atoms with Crippen LogP contribution in [0.3, 0.4) is 0 Å². The smallest absolute Gasteiger partial charge is 0.332 e. The predicted octanol–water partition coefficient (Wildman–Crippen LogP) is -0.308. The molecule has 1 amide bonds. The van der Waals surface area contributed by atoms with Gasteiger partial charge in [-0.25, -0.2) is 9.78 Å². The zero-order valence-electron chi connectivity index (χ0n) is 13.4. The second kappa shape index (κ2) is 6.17. The molecule has 0 bridgehead atoms. The molecule has 0 spiro atoms. The van der Waals surface area contributed by atoms with Crippen molar-refractivity contribution in [2.75, 3.05) is 13.6 Å². The fraction of sp³-hybridized carbons (Fsp3) is 0.571. The Bertz CT molecular complexity index is 814. The van der Waals surface area contributed by atoms with Crippen LogP contribution in [0.2, 0.25) is 0 Å². The third kappa shape index (κ3) is 2.68. The number of nitrogens with zero attached hydrogens (tertiary/aromatic N) is 5. The van der Waals surface area contributed by atoms with Gasteiger partial charge in [-0.05, 0) is 6.42 Å². The Kier molecular flexibility index (Phi) is 4.48. The van der Waals surface area contributed by atoms with Crippen molar-refractivity contribution >= 4 is 17.1 Å². The molecule has 2 heterocycles. The van der Waals surface area contributed by atoms with Crippen LogP contribution in [0.15, 0.2) is 15.9 Å². The monoisotopic (exact) mass is 307 g/mol. The normalized spacial score (nSPS) is 11.1. The summed E-state index contributed by atoms with van der Waals surface area (Å²) in [5, 5.41) is 0. The first-order valence-corrected chi connectivity index (χ1v) is 7.23. The summed E-state index contributed by atoms with van der Waals surface area (Å²) in [4.78, 5) is 42.1. The molecule has 0 aliphatic heterocycles. The van der Waals surface area contributed by atoms with Gasteiger partial charge in [0.2, 0.25) is 5.91 Å². The van der Waals surface area contributed by atoms with Crippen LogP contribution in [0.1, 0.15) is 19.8 Å². The average Bonchev–Trinajstić information content (AvgIpc) is 2.92. The molecule has 0 N–H and O–H groups in total. The molecular formula is C14H21N5O3. The molecule has 0 atom stereocenters. The number of carbonyl (C=O) groups is 1. The Morgan fingerprint density at radius 1 is 1.27 bits per heavy atom. The fourth-order valence-electron chi connectivity index (χ4n) is 2.30. The number of imidazole rings is 1. The van der Waals surface area contributed by atoms with Gasteiger partial charge < -0.3 is 9.47 Å². The number of carbonyl (C=O) groups excluding carboxylic acids is 1. The molecule has 0 saturated carbocycles. The van der Waals surface area contributed by atoms with Crippen LogP contribution < -0.4 is 11.2 Å². The van der Waals surface area contributed by atoms with Gasteiger partial charge in [0.25, 0.3) is 5.56 Å². The van der Waals surface area contributed by atoms with Gasteiger partial charge in [-0.1, -0.05) is 13.3 Å². The minimum atomic E-state index is -0.445. The molecular weight excluding hydrogens is 286 g/mol. The Hall–Kier alpha value is -2.38. The van der Waals surface area contributed by atoms with Crippen molar-refractivity contribution in [1.29, 1.82) is 0 Å². The van der Waals surface area contributed by atoms with Crippen molar-refractivity contribution in [2.24, 2.45) is 14.1 Å². The van der Waals surface area contributed by atoms with Crippen molar-refractivity contribution in [3.8, 4) is 0 Å². The Morgan fingerprint density at radius 3 is 2.59 bits per heavy atom. The van der Waals surface area contributed by atoms with E-state index in [-0.39, 0.29) is 23.6 Å². The van der Waals surface area contributed by atoms with E-state index in [2.05, 4.69) is 11.9 Å². The molecule has 0 unspecified atom stereocenters. The lowest BCUT2D eigenvalue weighted by molar-refractivity contribution is -0.130. The molecule has 22 heavy (non-hydrogen) atoms. The summed E-state index contributed by atoms with van der Waals surface area (Å²) >= 11 is 0. The molecule has 0 aliphatic carbocycles. The maximum absolute atomic E-state index is 12.3. The third-order valence-electron chi connectivity index (χ3n) is 3.80. The van der Waals surface area contributed by atoms with E-state index in [1.807, 2.05) is 0 Å². The fourth-order valence-corrected chi connectivity index (χ4v) is 2.30. The van der Waals surface area contributed by atoms with Crippen molar-refractivity contribution in [3.63, 3.8) is 0 Å². The van der Waals surface area contributed by atoms with Crippen LogP contribution in [-0.4, -0.2) is 43.1 Å². The molecule has 0 radical (unpaired) electrons. The molecule has 8 nitrogen and oxygen atoms in total. The zero-order chi connectivity index (χ0) is 16.4. The SMILES string of the molecule is CCCCN(C)C(=O)Cn1cnc2c1c(=O)n(C)c(=O)n2C. The largest absolute Gasteiger partial charge is 0.344 e. The first-order valence-electron chi connectivity index (χ1n) is 7.23. The summed E-state index contributed by atoms with van der Waals surface area (Å²) in [6.45, 7) is 2.77. The quantitative estimate of drug-likeness (QED) is 0.759. The van der Waals surface area contributed by atoms with Gasteiger partial charge >= 0.3 is 5.69 Å². The lowest BCUT2D eigenvalue weighted by atomic mass is 10.3. The first kappa shape index (κ1) is 16.0. The number of likely N-dealkylation sites (N-methyl/N-ethyl adjacent to an activating group) is 1. The average molecular weight is 307 g/mol. The van der Waals surface area contributed by atoms with E-state index in [1.54, 1.807) is 19.0 Å². The molecule has 0 fully saturated rings. The lowest BCUT2D eigenvalue weighted by Crippen LogP contribution is -2.38.